The molecule has 7 heteroatoms. The summed E-state index contributed by atoms with van der Waals surface area (Å²) in [6.45, 7) is 0.304. The number of nitrogens with zero attached hydrogens (tertiary/aromatic N) is 2. The molecular formula is C21H19F2N3O2. The van der Waals surface area contributed by atoms with Gasteiger partial charge in [-0.3, -0.25) is 9.78 Å². The largest absolute Gasteiger partial charge is 0.485 e. The number of ether oxygens (including phenoxy) is 1. The summed E-state index contributed by atoms with van der Waals surface area (Å²) < 4.78 is 31.9. The van der Waals surface area contributed by atoms with Gasteiger partial charge < -0.3 is 10.1 Å². The van der Waals surface area contributed by atoms with Crippen LogP contribution in [0, 0.1) is 11.6 Å². The van der Waals surface area contributed by atoms with E-state index < -0.39 is 11.6 Å². The lowest BCUT2D eigenvalue weighted by atomic mass is 10.1. The maximum absolute atomic E-state index is 13.2. The number of carbonyl (C=O) groups excluding carboxylic acids is 1. The zero-order chi connectivity index (χ0) is 19.8. The van der Waals surface area contributed by atoms with Gasteiger partial charge in [0.1, 0.15) is 6.61 Å². The number of hydrogen-bond acceptors (Lipinski definition) is 4. The number of aryl methyl sites for hydroxylation is 1. The molecule has 1 amide bonds. The quantitative estimate of drug-likeness (QED) is 0.630. The van der Waals surface area contributed by atoms with E-state index in [-0.39, 0.29) is 12.3 Å². The van der Waals surface area contributed by atoms with E-state index >= 15 is 0 Å². The molecule has 0 radical (unpaired) electrons. The molecule has 3 rings (SSSR count). The van der Waals surface area contributed by atoms with Crippen molar-refractivity contribution in [2.45, 2.75) is 25.9 Å². The molecule has 1 aromatic carbocycles. The van der Waals surface area contributed by atoms with Gasteiger partial charge >= 0.3 is 0 Å². The molecule has 2 aromatic heterocycles. The molecule has 0 saturated carbocycles. The zero-order valence-corrected chi connectivity index (χ0v) is 15.1. The number of rotatable bonds is 8. The molecule has 0 unspecified atom stereocenters. The van der Waals surface area contributed by atoms with Gasteiger partial charge in [0, 0.05) is 30.6 Å². The van der Waals surface area contributed by atoms with E-state index in [1.807, 2.05) is 12.1 Å². The maximum Gasteiger partial charge on any atom is 0.225 e. The first kappa shape index (κ1) is 19.4. The van der Waals surface area contributed by atoms with Crippen LogP contribution in [0.2, 0.25) is 0 Å². The predicted molar refractivity (Wildman–Crippen MR) is 101 cm³/mol. The van der Waals surface area contributed by atoms with Crippen molar-refractivity contribution in [2.75, 3.05) is 5.32 Å². The van der Waals surface area contributed by atoms with Crippen molar-refractivity contribution in [3.8, 4) is 5.75 Å². The fourth-order valence-corrected chi connectivity index (χ4v) is 2.59. The van der Waals surface area contributed by atoms with Crippen molar-refractivity contribution in [1.82, 2.24) is 9.97 Å². The van der Waals surface area contributed by atoms with Gasteiger partial charge in [-0.15, -0.1) is 0 Å². The van der Waals surface area contributed by atoms with Crippen molar-refractivity contribution < 1.29 is 18.3 Å². The van der Waals surface area contributed by atoms with Crippen LogP contribution in [0.5, 0.6) is 5.75 Å². The number of pyridine rings is 2. The molecular weight excluding hydrogens is 364 g/mol. The number of halogens is 2. The van der Waals surface area contributed by atoms with Gasteiger partial charge in [-0.2, -0.15) is 0 Å². The Morgan fingerprint density at radius 2 is 1.89 bits per heavy atom. The first-order valence-corrected chi connectivity index (χ1v) is 8.82. The average molecular weight is 383 g/mol. The van der Waals surface area contributed by atoms with E-state index in [1.165, 1.54) is 6.07 Å². The van der Waals surface area contributed by atoms with Crippen molar-refractivity contribution in [2.24, 2.45) is 0 Å². The Morgan fingerprint density at radius 1 is 1.04 bits per heavy atom. The second-order valence-corrected chi connectivity index (χ2v) is 6.15. The standard InChI is InChI=1S/C21H19F2N3O2/c22-17-9-8-15(12-18(17)23)4-1-7-20(27)26-21-19(6-3-11-25-21)28-14-16-5-2-10-24-13-16/h2-3,5-6,8-13H,1,4,7,14H2,(H,25,26,27). The average Bonchev–Trinajstić information content (AvgIpc) is 2.71. The van der Waals surface area contributed by atoms with Gasteiger partial charge in [0.05, 0.1) is 0 Å². The van der Waals surface area contributed by atoms with Gasteiger partial charge in [0.2, 0.25) is 5.91 Å². The molecule has 28 heavy (non-hydrogen) atoms. The SMILES string of the molecule is O=C(CCCc1ccc(F)c(F)c1)Nc1ncccc1OCc1cccnc1. The number of aromatic nitrogens is 2. The summed E-state index contributed by atoms with van der Waals surface area (Å²) in [4.78, 5) is 20.4. The summed E-state index contributed by atoms with van der Waals surface area (Å²) in [6, 6.07) is 10.9. The zero-order valence-electron chi connectivity index (χ0n) is 15.1. The van der Waals surface area contributed by atoms with Crippen molar-refractivity contribution in [3.63, 3.8) is 0 Å². The van der Waals surface area contributed by atoms with Crippen molar-refractivity contribution in [1.29, 1.82) is 0 Å². The number of carbonyl (C=O) groups is 1. The summed E-state index contributed by atoms with van der Waals surface area (Å²) in [7, 11) is 0. The Bertz CT molecular complexity index is 936. The minimum Gasteiger partial charge on any atom is -0.485 e. The molecule has 0 aliphatic rings. The molecule has 0 aliphatic carbocycles. The van der Waals surface area contributed by atoms with Gasteiger partial charge in [-0.25, -0.2) is 13.8 Å². The number of nitrogens with one attached hydrogen (secondary N) is 1. The number of hydrogen-bond donors (Lipinski definition) is 1. The topological polar surface area (TPSA) is 64.1 Å². The molecule has 5 nitrogen and oxygen atoms in total. The maximum atomic E-state index is 13.2. The number of anilines is 1. The van der Waals surface area contributed by atoms with Crippen LogP contribution in [0.3, 0.4) is 0 Å². The second-order valence-electron chi connectivity index (χ2n) is 6.15. The third-order valence-electron chi connectivity index (χ3n) is 4.00. The third kappa shape index (κ3) is 5.57. The lowest BCUT2D eigenvalue weighted by molar-refractivity contribution is -0.116. The van der Waals surface area contributed by atoms with Gasteiger partial charge in [-0.05, 0) is 48.7 Å². The number of amides is 1. The molecule has 0 atom stereocenters. The van der Waals surface area contributed by atoms with Crippen molar-refractivity contribution in [3.05, 3.63) is 83.8 Å². The van der Waals surface area contributed by atoms with E-state index in [9.17, 15) is 13.6 Å². The minimum atomic E-state index is -0.883. The Morgan fingerprint density at radius 3 is 2.68 bits per heavy atom. The van der Waals surface area contributed by atoms with Crippen LogP contribution in [0.25, 0.3) is 0 Å². The lowest BCUT2D eigenvalue weighted by Gasteiger charge is -2.11. The molecule has 0 saturated heterocycles. The van der Waals surface area contributed by atoms with Gasteiger partial charge in [0.15, 0.2) is 23.2 Å². The Hall–Kier alpha value is -3.35. The highest BCUT2D eigenvalue weighted by atomic mass is 19.2. The van der Waals surface area contributed by atoms with Crippen LogP contribution in [0.1, 0.15) is 24.0 Å². The molecule has 1 N–H and O–H groups in total. The molecule has 0 aliphatic heterocycles. The molecule has 0 fully saturated rings. The summed E-state index contributed by atoms with van der Waals surface area (Å²) in [5.41, 5.74) is 1.54. The van der Waals surface area contributed by atoms with E-state index in [0.29, 0.717) is 36.6 Å². The molecule has 144 valence electrons. The smallest absolute Gasteiger partial charge is 0.225 e. The van der Waals surface area contributed by atoms with Crippen LogP contribution in [0.4, 0.5) is 14.6 Å². The van der Waals surface area contributed by atoms with E-state index in [2.05, 4.69) is 15.3 Å². The van der Waals surface area contributed by atoms with Crippen LogP contribution in [-0.4, -0.2) is 15.9 Å². The molecule has 0 spiro atoms. The monoisotopic (exact) mass is 383 g/mol. The summed E-state index contributed by atoms with van der Waals surface area (Å²) in [5, 5.41) is 2.73. The number of benzene rings is 1. The predicted octanol–water partition coefficient (Wildman–Crippen LogP) is 4.30. The second kappa shape index (κ2) is 9.55. The Balaban J connectivity index is 1.51. The Labute approximate surface area is 161 Å². The normalized spacial score (nSPS) is 10.5. The molecule has 2 heterocycles. The summed E-state index contributed by atoms with van der Waals surface area (Å²) in [6.07, 6.45) is 6.13. The van der Waals surface area contributed by atoms with Crippen LogP contribution >= 0.6 is 0 Å². The van der Waals surface area contributed by atoms with E-state index in [0.717, 1.165) is 17.7 Å². The Kier molecular flexibility index (Phi) is 6.62. The van der Waals surface area contributed by atoms with Crippen LogP contribution in [0.15, 0.2) is 61.1 Å². The van der Waals surface area contributed by atoms with Crippen LogP contribution < -0.4 is 10.1 Å². The highest BCUT2D eigenvalue weighted by Crippen LogP contribution is 2.22. The summed E-state index contributed by atoms with van der Waals surface area (Å²) >= 11 is 0. The van der Waals surface area contributed by atoms with Gasteiger partial charge in [-0.1, -0.05) is 12.1 Å². The first-order chi connectivity index (χ1) is 13.6. The van der Waals surface area contributed by atoms with Crippen LogP contribution in [-0.2, 0) is 17.8 Å². The van der Waals surface area contributed by atoms with Crippen molar-refractivity contribution >= 4 is 11.7 Å². The molecule has 3 aromatic rings. The third-order valence-corrected chi connectivity index (χ3v) is 4.00. The minimum absolute atomic E-state index is 0.220. The highest BCUT2D eigenvalue weighted by molar-refractivity contribution is 5.91. The molecule has 0 bridgehead atoms. The van der Waals surface area contributed by atoms with Gasteiger partial charge in [0.25, 0.3) is 0 Å². The van der Waals surface area contributed by atoms with E-state index in [4.69, 9.17) is 4.74 Å². The first-order valence-electron chi connectivity index (χ1n) is 8.82. The highest BCUT2D eigenvalue weighted by Gasteiger charge is 2.10. The lowest BCUT2D eigenvalue weighted by Crippen LogP contribution is -2.14. The van der Waals surface area contributed by atoms with E-state index in [1.54, 1.807) is 30.7 Å². The fourth-order valence-electron chi connectivity index (χ4n) is 2.59. The fraction of sp³-hybridized carbons (Fsp3) is 0.190. The summed E-state index contributed by atoms with van der Waals surface area (Å²) in [5.74, 6) is -1.20.